The summed E-state index contributed by atoms with van der Waals surface area (Å²) in [5, 5.41) is 9.03. The van der Waals surface area contributed by atoms with Gasteiger partial charge in [0.1, 0.15) is 5.76 Å². The number of hydrogen-bond donors (Lipinski definition) is 2. The van der Waals surface area contributed by atoms with Crippen LogP contribution in [0.1, 0.15) is 24.3 Å². The zero-order chi connectivity index (χ0) is 13.9. The van der Waals surface area contributed by atoms with Gasteiger partial charge >= 0.3 is 0 Å². The molecule has 5 nitrogen and oxygen atoms in total. The van der Waals surface area contributed by atoms with Crippen LogP contribution in [0.25, 0.3) is 0 Å². The van der Waals surface area contributed by atoms with E-state index in [4.69, 9.17) is 9.52 Å². The predicted molar refractivity (Wildman–Crippen MR) is 69.8 cm³/mol. The number of aliphatic hydroxyl groups excluding tert-OH is 1. The van der Waals surface area contributed by atoms with Gasteiger partial charge in [0.2, 0.25) is 10.0 Å². The maximum atomic E-state index is 12.2. The molecule has 0 aliphatic heterocycles. The molecule has 1 aromatic carbocycles. The molecule has 0 saturated heterocycles. The molecule has 0 bridgehead atoms. The minimum atomic E-state index is -3.64. The van der Waals surface area contributed by atoms with Gasteiger partial charge in [-0.1, -0.05) is 12.1 Å². The van der Waals surface area contributed by atoms with Crippen molar-refractivity contribution in [3.05, 3.63) is 54.0 Å². The topological polar surface area (TPSA) is 79.5 Å². The first-order valence-electron chi connectivity index (χ1n) is 5.78. The second kappa shape index (κ2) is 5.56. The Labute approximate surface area is 111 Å². The standard InChI is InChI=1S/C13H15NO4S/c1-10(13-6-3-7-18-13)14-19(16,17)12-5-2-4-11(8-12)9-15/h2-8,10,14-15H,9H2,1H3. The van der Waals surface area contributed by atoms with E-state index in [0.717, 1.165) is 0 Å². The zero-order valence-corrected chi connectivity index (χ0v) is 11.2. The van der Waals surface area contributed by atoms with E-state index >= 15 is 0 Å². The maximum absolute atomic E-state index is 12.2. The molecule has 0 aliphatic carbocycles. The van der Waals surface area contributed by atoms with E-state index in [9.17, 15) is 8.42 Å². The SMILES string of the molecule is CC(NS(=O)(=O)c1cccc(CO)c1)c1ccco1. The van der Waals surface area contributed by atoms with Gasteiger partial charge in [0.25, 0.3) is 0 Å². The zero-order valence-electron chi connectivity index (χ0n) is 10.4. The van der Waals surface area contributed by atoms with Gasteiger partial charge in [-0.05, 0) is 36.8 Å². The molecule has 6 heteroatoms. The molecule has 1 unspecified atom stereocenters. The molecule has 1 heterocycles. The molecule has 0 aliphatic rings. The van der Waals surface area contributed by atoms with Crippen molar-refractivity contribution in [3.63, 3.8) is 0 Å². The lowest BCUT2D eigenvalue weighted by Gasteiger charge is -2.12. The molecule has 0 spiro atoms. The lowest BCUT2D eigenvalue weighted by Crippen LogP contribution is -2.26. The first kappa shape index (κ1) is 13.8. The van der Waals surface area contributed by atoms with Gasteiger partial charge in [-0.2, -0.15) is 0 Å². The Morgan fingerprint density at radius 2 is 2.11 bits per heavy atom. The van der Waals surface area contributed by atoms with Crippen LogP contribution in [0.2, 0.25) is 0 Å². The number of nitrogens with one attached hydrogen (secondary N) is 1. The Hall–Kier alpha value is -1.63. The fourth-order valence-corrected chi connectivity index (χ4v) is 2.99. The van der Waals surface area contributed by atoms with Crippen LogP contribution < -0.4 is 4.72 Å². The molecule has 0 fully saturated rings. The van der Waals surface area contributed by atoms with Crippen LogP contribution in [-0.4, -0.2) is 13.5 Å². The Morgan fingerprint density at radius 3 is 2.74 bits per heavy atom. The van der Waals surface area contributed by atoms with Crippen molar-refractivity contribution in [3.8, 4) is 0 Å². The molecule has 2 rings (SSSR count). The lowest BCUT2D eigenvalue weighted by molar-refractivity contribution is 0.281. The Morgan fingerprint density at radius 1 is 1.32 bits per heavy atom. The summed E-state index contributed by atoms with van der Waals surface area (Å²) in [4.78, 5) is 0.123. The molecule has 0 amide bonds. The minimum Gasteiger partial charge on any atom is -0.468 e. The highest BCUT2D eigenvalue weighted by Gasteiger charge is 2.19. The second-order valence-electron chi connectivity index (χ2n) is 4.16. The van der Waals surface area contributed by atoms with E-state index in [0.29, 0.717) is 11.3 Å². The van der Waals surface area contributed by atoms with Crippen LogP contribution in [0.3, 0.4) is 0 Å². The smallest absolute Gasteiger partial charge is 0.241 e. The summed E-state index contributed by atoms with van der Waals surface area (Å²) in [6.07, 6.45) is 1.49. The highest BCUT2D eigenvalue weighted by Crippen LogP contribution is 2.18. The van der Waals surface area contributed by atoms with E-state index in [1.165, 1.54) is 18.4 Å². The molecule has 0 radical (unpaired) electrons. The largest absolute Gasteiger partial charge is 0.468 e. The molecular formula is C13H15NO4S. The molecule has 2 aromatic rings. The molecule has 102 valence electrons. The minimum absolute atomic E-state index is 0.123. The number of sulfonamides is 1. The Balaban J connectivity index is 2.22. The van der Waals surface area contributed by atoms with Crippen molar-refractivity contribution < 1.29 is 17.9 Å². The number of rotatable bonds is 5. The summed E-state index contributed by atoms with van der Waals surface area (Å²) in [6, 6.07) is 9.13. The van der Waals surface area contributed by atoms with Crippen LogP contribution in [-0.2, 0) is 16.6 Å². The first-order valence-corrected chi connectivity index (χ1v) is 7.27. The van der Waals surface area contributed by atoms with Gasteiger partial charge in [-0.3, -0.25) is 0 Å². The predicted octanol–water partition coefficient (Wildman–Crippen LogP) is 1.81. The molecule has 1 atom stereocenters. The molecule has 1 aromatic heterocycles. The first-order chi connectivity index (χ1) is 9.03. The maximum Gasteiger partial charge on any atom is 0.241 e. The third-order valence-corrected chi connectivity index (χ3v) is 4.23. The van der Waals surface area contributed by atoms with Crippen LogP contribution >= 0.6 is 0 Å². The number of hydrogen-bond acceptors (Lipinski definition) is 4. The van der Waals surface area contributed by atoms with Gasteiger partial charge in [0.05, 0.1) is 23.8 Å². The summed E-state index contributed by atoms with van der Waals surface area (Å²) in [5.74, 6) is 0.543. The van der Waals surface area contributed by atoms with Crippen LogP contribution in [0.4, 0.5) is 0 Å². The second-order valence-corrected chi connectivity index (χ2v) is 5.88. The molecule has 19 heavy (non-hydrogen) atoms. The quantitative estimate of drug-likeness (QED) is 0.876. The average Bonchev–Trinajstić information content (AvgIpc) is 2.92. The Kier molecular flexibility index (Phi) is 4.04. The van der Waals surface area contributed by atoms with Crippen molar-refractivity contribution in [1.82, 2.24) is 4.72 Å². The fourth-order valence-electron chi connectivity index (χ4n) is 1.71. The molecular weight excluding hydrogens is 266 g/mol. The third kappa shape index (κ3) is 3.23. The van der Waals surface area contributed by atoms with Gasteiger partial charge in [-0.25, -0.2) is 13.1 Å². The monoisotopic (exact) mass is 281 g/mol. The van der Waals surface area contributed by atoms with Crippen molar-refractivity contribution in [2.45, 2.75) is 24.5 Å². The summed E-state index contributed by atoms with van der Waals surface area (Å²) >= 11 is 0. The average molecular weight is 281 g/mol. The third-order valence-electron chi connectivity index (χ3n) is 2.69. The summed E-state index contributed by atoms with van der Waals surface area (Å²) in [6.45, 7) is 1.50. The fraction of sp³-hybridized carbons (Fsp3) is 0.231. The molecule has 2 N–H and O–H groups in total. The van der Waals surface area contributed by atoms with Gasteiger partial charge in [-0.15, -0.1) is 0 Å². The Bertz CT molecular complexity index is 634. The molecule has 0 saturated carbocycles. The highest BCUT2D eigenvalue weighted by atomic mass is 32.2. The van der Waals surface area contributed by atoms with Crippen molar-refractivity contribution in [1.29, 1.82) is 0 Å². The van der Waals surface area contributed by atoms with E-state index in [1.807, 2.05) is 0 Å². The number of benzene rings is 1. The summed E-state index contributed by atoms with van der Waals surface area (Å²) in [7, 11) is -3.64. The van der Waals surface area contributed by atoms with Crippen LogP contribution in [0.15, 0.2) is 52.0 Å². The number of aliphatic hydroxyl groups is 1. The van der Waals surface area contributed by atoms with E-state index in [2.05, 4.69) is 4.72 Å². The van der Waals surface area contributed by atoms with Gasteiger partial charge < -0.3 is 9.52 Å². The van der Waals surface area contributed by atoms with E-state index in [-0.39, 0.29) is 11.5 Å². The lowest BCUT2D eigenvalue weighted by atomic mass is 10.2. The highest BCUT2D eigenvalue weighted by molar-refractivity contribution is 7.89. The van der Waals surface area contributed by atoms with Crippen molar-refractivity contribution >= 4 is 10.0 Å². The van der Waals surface area contributed by atoms with Gasteiger partial charge in [0, 0.05) is 0 Å². The van der Waals surface area contributed by atoms with Crippen molar-refractivity contribution in [2.75, 3.05) is 0 Å². The van der Waals surface area contributed by atoms with Gasteiger partial charge in [0.15, 0.2) is 0 Å². The van der Waals surface area contributed by atoms with Crippen LogP contribution in [0, 0.1) is 0 Å². The summed E-state index contributed by atoms with van der Waals surface area (Å²) < 4.78 is 32.0. The normalized spacial score (nSPS) is 13.4. The van der Waals surface area contributed by atoms with Crippen molar-refractivity contribution in [2.24, 2.45) is 0 Å². The van der Waals surface area contributed by atoms with Crippen LogP contribution in [0.5, 0.6) is 0 Å². The van der Waals surface area contributed by atoms with E-state index < -0.39 is 16.1 Å². The number of furan rings is 1. The van der Waals surface area contributed by atoms with E-state index in [1.54, 1.807) is 31.2 Å². The summed E-state index contributed by atoms with van der Waals surface area (Å²) in [5.41, 5.74) is 0.550.